The number of cyclic esters (lactones) is 1. The van der Waals surface area contributed by atoms with Crippen molar-refractivity contribution in [3.63, 3.8) is 0 Å². The number of ether oxygens (including phenoxy) is 2. The van der Waals surface area contributed by atoms with Gasteiger partial charge in [0, 0.05) is 4.47 Å². The van der Waals surface area contributed by atoms with Gasteiger partial charge in [0.1, 0.15) is 5.75 Å². The molecule has 2 N–H and O–H groups in total. The van der Waals surface area contributed by atoms with Crippen molar-refractivity contribution in [2.45, 2.75) is 0 Å². The molecule has 0 atom stereocenters. The van der Waals surface area contributed by atoms with E-state index in [1.54, 1.807) is 30.3 Å². The number of esters is 1. The fourth-order valence-corrected chi connectivity index (χ4v) is 2.59. The normalized spacial score (nSPS) is 15.0. The van der Waals surface area contributed by atoms with Gasteiger partial charge in [0.05, 0.1) is 5.56 Å². The molecular formula is C18H13BrN2O4. The van der Waals surface area contributed by atoms with E-state index < -0.39 is 11.9 Å². The highest BCUT2D eigenvalue weighted by Gasteiger charge is 2.25. The first-order valence-electron chi connectivity index (χ1n) is 7.31. The number of aliphatic imine (C=N–C) groups is 1. The zero-order chi connectivity index (χ0) is 17.8. The molecule has 1 aliphatic heterocycles. The van der Waals surface area contributed by atoms with Crippen LogP contribution in [0.25, 0.3) is 6.08 Å². The number of hydrogen-bond donors (Lipinski definition) is 1. The number of carbonyl (C=O) groups is 2. The van der Waals surface area contributed by atoms with Crippen LogP contribution >= 0.6 is 15.9 Å². The SMILES string of the molecule is NC(=O)COc1ccc(/C=C2/N=C(c3ccccc3Br)OC2=O)cc1. The summed E-state index contributed by atoms with van der Waals surface area (Å²) < 4.78 is 11.2. The number of benzene rings is 2. The number of carbonyl (C=O) groups excluding carboxylic acids is 2. The molecule has 1 heterocycles. The minimum absolute atomic E-state index is 0.188. The fraction of sp³-hybridized carbons (Fsp3) is 0.0556. The van der Waals surface area contributed by atoms with E-state index >= 15 is 0 Å². The van der Waals surface area contributed by atoms with Gasteiger partial charge in [-0.1, -0.05) is 24.3 Å². The summed E-state index contributed by atoms with van der Waals surface area (Å²) in [4.78, 5) is 27.0. The van der Waals surface area contributed by atoms with Crippen molar-refractivity contribution in [2.24, 2.45) is 10.7 Å². The highest BCUT2D eigenvalue weighted by molar-refractivity contribution is 9.10. The molecule has 3 rings (SSSR count). The largest absolute Gasteiger partial charge is 0.484 e. The molecular weight excluding hydrogens is 388 g/mol. The van der Waals surface area contributed by atoms with Gasteiger partial charge < -0.3 is 15.2 Å². The first kappa shape index (κ1) is 16.9. The smallest absolute Gasteiger partial charge is 0.363 e. The molecule has 1 aliphatic rings. The Morgan fingerprint density at radius 1 is 1.20 bits per heavy atom. The van der Waals surface area contributed by atoms with Gasteiger partial charge in [-0.25, -0.2) is 9.79 Å². The number of primary amides is 1. The van der Waals surface area contributed by atoms with Gasteiger partial charge in [-0.2, -0.15) is 0 Å². The second-order valence-electron chi connectivity index (χ2n) is 5.14. The Hall–Kier alpha value is -2.93. The Bertz CT molecular complexity index is 888. The van der Waals surface area contributed by atoms with Crippen LogP contribution in [0.15, 0.2) is 63.7 Å². The predicted molar refractivity (Wildman–Crippen MR) is 95.9 cm³/mol. The third-order valence-corrected chi connectivity index (χ3v) is 3.98. The molecule has 0 fully saturated rings. The minimum Gasteiger partial charge on any atom is -0.484 e. The Labute approximate surface area is 152 Å². The van der Waals surface area contributed by atoms with Gasteiger partial charge in [0.25, 0.3) is 5.91 Å². The lowest BCUT2D eigenvalue weighted by molar-refractivity contribution is -0.130. The number of hydrogen-bond acceptors (Lipinski definition) is 5. The van der Waals surface area contributed by atoms with Gasteiger partial charge in [-0.05, 0) is 51.8 Å². The molecule has 0 aliphatic carbocycles. The quantitative estimate of drug-likeness (QED) is 0.616. The third kappa shape index (κ3) is 4.13. The van der Waals surface area contributed by atoms with Crippen molar-refractivity contribution >= 4 is 39.8 Å². The van der Waals surface area contributed by atoms with Gasteiger partial charge in [-0.15, -0.1) is 0 Å². The van der Waals surface area contributed by atoms with Crippen molar-refractivity contribution in [1.82, 2.24) is 0 Å². The molecule has 0 radical (unpaired) electrons. The Morgan fingerprint density at radius 3 is 2.60 bits per heavy atom. The number of nitrogens with two attached hydrogens (primary N) is 1. The van der Waals surface area contributed by atoms with Crippen molar-refractivity contribution < 1.29 is 19.1 Å². The molecule has 2 aromatic rings. The lowest BCUT2D eigenvalue weighted by Gasteiger charge is -2.03. The van der Waals surface area contributed by atoms with Gasteiger partial charge >= 0.3 is 5.97 Å². The maximum absolute atomic E-state index is 12.0. The molecule has 6 nitrogen and oxygen atoms in total. The summed E-state index contributed by atoms with van der Waals surface area (Å²) >= 11 is 3.41. The van der Waals surface area contributed by atoms with Crippen LogP contribution in [0.2, 0.25) is 0 Å². The summed E-state index contributed by atoms with van der Waals surface area (Å²) in [7, 11) is 0. The Morgan fingerprint density at radius 2 is 1.92 bits per heavy atom. The summed E-state index contributed by atoms with van der Waals surface area (Å²) in [6.45, 7) is -0.188. The van der Waals surface area contributed by atoms with Crippen LogP contribution in [0.1, 0.15) is 11.1 Å². The van der Waals surface area contributed by atoms with E-state index in [1.165, 1.54) is 0 Å². The molecule has 0 saturated carbocycles. The molecule has 0 unspecified atom stereocenters. The Balaban J connectivity index is 1.80. The van der Waals surface area contributed by atoms with E-state index in [-0.39, 0.29) is 18.2 Å². The molecule has 25 heavy (non-hydrogen) atoms. The summed E-state index contributed by atoms with van der Waals surface area (Å²) in [5.74, 6) is -0.300. The minimum atomic E-state index is -0.547. The molecule has 0 saturated heterocycles. The zero-order valence-corrected chi connectivity index (χ0v) is 14.5. The highest BCUT2D eigenvalue weighted by atomic mass is 79.9. The summed E-state index contributed by atoms with van der Waals surface area (Å²) in [5, 5.41) is 0. The lowest BCUT2D eigenvalue weighted by atomic mass is 10.2. The number of rotatable bonds is 5. The Kier molecular flexibility index (Phi) is 4.95. The number of halogens is 1. The standard InChI is InChI=1S/C18H13BrN2O4/c19-14-4-2-1-3-13(14)17-21-15(18(23)25-17)9-11-5-7-12(8-6-11)24-10-16(20)22/h1-9H,10H2,(H2,20,22)/b15-9+. The van der Waals surface area contributed by atoms with E-state index in [0.717, 1.165) is 10.0 Å². The molecule has 126 valence electrons. The van der Waals surface area contributed by atoms with E-state index in [4.69, 9.17) is 15.2 Å². The van der Waals surface area contributed by atoms with Crippen LogP contribution in [-0.2, 0) is 14.3 Å². The number of amides is 1. The second-order valence-corrected chi connectivity index (χ2v) is 5.99. The van der Waals surface area contributed by atoms with Crippen molar-refractivity contribution in [2.75, 3.05) is 6.61 Å². The molecule has 1 amide bonds. The predicted octanol–water partition coefficient (Wildman–Crippen LogP) is 2.66. The van der Waals surface area contributed by atoms with Crippen LogP contribution in [0, 0.1) is 0 Å². The topological polar surface area (TPSA) is 91.0 Å². The van der Waals surface area contributed by atoms with Crippen molar-refractivity contribution in [3.8, 4) is 5.75 Å². The summed E-state index contributed by atoms with van der Waals surface area (Å²) in [6.07, 6.45) is 1.62. The summed E-state index contributed by atoms with van der Waals surface area (Å²) in [5.41, 5.74) is 6.68. The molecule has 7 heteroatoms. The van der Waals surface area contributed by atoms with E-state index in [2.05, 4.69) is 20.9 Å². The van der Waals surface area contributed by atoms with E-state index in [1.807, 2.05) is 24.3 Å². The van der Waals surface area contributed by atoms with Gasteiger partial charge in [0.15, 0.2) is 12.3 Å². The molecule has 0 spiro atoms. The average molecular weight is 401 g/mol. The molecule has 2 aromatic carbocycles. The molecule has 0 aromatic heterocycles. The van der Waals surface area contributed by atoms with Crippen LogP contribution in [0.4, 0.5) is 0 Å². The van der Waals surface area contributed by atoms with Crippen molar-refractivity contribution in [1.29, 1.82) is 0 Å². The summed E-state index contributed by atoms with van der Waals surface area (Å²) in [6, 6.07) is 14.2. The highest BCUT2D eigenvalue weighted by Crippen LogP contribution is 2.24. The van der Waals surface area contributed by atoms with Crippen LogP contribution in [-0.4, -0.2) is 24.4 Å². The second kappa shape index (κ2) is 7.31. The van der Waals surface area contributed by atoms with Crippen LogP contribution in [0.5, 0.6) is 5.75 Å². The van der Waals surface area contributed by atoms with Crippen molar-refractivity contribution in [3.05, 3.63) is 69.8 Å². The van der Waals surface area contributed by atoms with Gasteiger partial charge in [0.2, 0.25) is 5.90 Å². The first-order valence-corrected chi connectivity index (χ1v) is 8.11. The molecule has 0 bridgehead atoms. The average Bonchev–Trinajstić information content (AvgIpc) is 2.95. The number of nitrogens with zero attached hydrogens (tertiary/aromatic N) is 1. The first-order chi connectivity index (χ1) is 12.0. The van der Waals surface area contributed by atoms with E-state index in [0.29, 0.717) is 11.3 Å². The maximum atomic E-state index is 12.0. The van der Waals surface area contributed by atoms with Crippen LogP contribution in [0.3, 0.4) is 0 Å². The zero-order valence-electron chi connectivity index (χ0n) is 12.9. The van der Waals surface area contributed by atoms with Crippen LogP contribution < -0.4 is 10.5 Å². The maximum Gasteiger partial charge on any atom is 0.363 e. The third-order valence-electron chi connectivity index (χ3n) is 3.29. The van der Waals surface area contributed by atoms with Gasteiger partial charge in [-0.3, -0.25) is 4.79 Å². The van der Waals surface area contributed by atoms with E-state index in [9.17, 15) is 9.59 Å². The lowest BCUT2D eigenvalue weighted by Crippen LogP contribution is -2.19. The monoisotopic (exact) mass is 400 g/mol. The fourth-order valence-electron chi connectivity index (χ4n) is 2.13.